The molecule has 2 fully saturated rings. The molecule has 1 saturated heterocycles. The van der Waals surface area contributed by atoms with E-state index in [0.29, 0.717) is 5.92 Å². The Kier molecular flexibility index (Phi) is 4.87. The average Bonchev–Trinajstić information content (AvgIpc) is 2.39. The fraction of sp³-hybridized carbons (Fsp3) is 1.00. The highest BCUT2D eigenvalue weighted by Gasteiger charge is 2.32. The zero-order valence-corrected chi connectivity index (χ0v) is 11.6. The normalized spacial score (nSPS) is 40.4. The van der Waals surface area contributed by atoms with Crippen molar-refractivity contribution in [3.05, 3.63) is 0 Å². The fourth-order valence-corrected chi connectivity index (χ4v) is 3.75. The number of rotatable bonds is 3. The molecule has 0 radical (unpaired) electrons. The number of aliphatic hydroxyl groups excluding tert-OH is 1. The van der Waals surface area contributed by atoms with Crippen molar-refractivity contribution in [1.82, 2.24) is 4.90 Å². The Bertz CT molecular complexity index is 231. The van der Waals surface area contributed by atoms with Gasteiger partial charge in [0.1, 0.15) is 0 Å². The van der Waals surface area contributed by atoms with Gasteiger partial charge in [-0.2, -0.15) is 0 Å². The highest BCUT2D eigenvalue weighted by atomic mass is 16.3. The van der Waals surface area contributed by atoms with E-state index in [2.05, 4.69) is 18.7 Å². The highest BCUT2D eigenvalue weighted by molar-refractivity contribution is 4.86. The van der Waals surface area contributed by atoms with Crippen molar-refractivity contribution in [3.63, 3.8) is 0 Å². The molecule has 100 valence electrons. The van der Waals surface area contributed by atoms with Gasteiger partial charge >= 0.3 is 0 Å². The Labute approximate surface area is 106 Å². The minimum atomic E-state index is -0.0400. The number of aliphatic hydroxyl groups is 1. The van der Waals surface area contributed by atoms with Gasteiger partial charge in [0, 0.05) is 19.1 Å². The first-order valence-corrected chi connectivity index (χ1v) is 7.66. The molecule has 1 N–H and O–H groups in total. The number of nitrogens with zero attached hydrogens (tertiary/aromatic N) is 1. The summed E-state index contributed by atoms with van der Waals surface area (Å²) in [6, 6.07) is 0.815. The van der Waals surface area contributed by atoms with E-state index in [9.17, 15) is 5.11 Å². The third-order valence-electron chi connectivity index (χ3n) is 5.10. The molecule has 2 nitrogen and oxygen atoms in total. The monoisotopic (exact) mass is 239 g/mol. The van der Waals surface area contributed by atoms with Crippen LogP contribution >= 0.6 is 0 Å². The van der Waals surface area contributed by atoms with Gasteiger partial charge in [-0.1, -0.05) is 33.1 Å². The standard InChI is InChI=1S/C15H29NO/c1-3-12-6-5-7-14(10-12)16-9-8-15(17)13(4-2)11-16/h12-15,17H,3-11H2,1-2H3. The maximum Gasteiger partial charge on any atom is 0.0592 e. The fourth-order valence-electron chi connectivity index (χ4n) is 3.75. The van der Waals surface area contributed by atoms with E-state index in [1.54, 1.807) is 0 Å². The zero-order valence-electron chi connectivity index (χ0n) is 11.6. The van der Waals surface area contributed by atoms with Crippen LogP contribution in [0.25, 0.3) is 0 Å². The largest absolute Gasteiger partial charge is 0.393 e. The van der Waals surface area contributed by atoms with E-state index in [0.717, 1.165) is 37.9 Å². The van der Waals surface area contributed by atoms with Crippen molar-refractivity contribution in [2.75, 3.05) is 13.1 Å². The lowest BCUT2D eigenvalue weighted by Gasteiger charge is -2.43. The average molecular weight is 239 g/mol. The first kappa shape index (κ1) is 13.4. The molecule has 1 aliphatic carbocycles. The van der Waals surface area contributed by atoms with Gasteiger partial charge in [-0.05, 0) is 37.5 Å². The summed E-state index contributed by atoms with van der Waals surface area (Å²) >= 11 is 0. The van der Waals surface area contributed by atoms with E-state index < -0.39 is 0 Å². The molecule has 4 atom stereocenters. The first-order valence-electron chi connectivity index (χ1n) is 7.66. The van der Waals surface area contributed by atoms with E-state index in [1.807, 2.05) is 0 Å². The molecule has 0 bridgehead atoms. The quantitative estimate of drug-likeness (QED) is 0.818. The van der Waals surface area contributed by atoms with Crippen LogP contribution in [-0.2, 0) is 0 Å². The van der Waals surface area contributed by atoms with Crippen LogP contribution < -0.4 is 0 Å². The highest BCUT2D eigenvalue weighted by Crippen LogP contribution is 2.32. The predicted molar refractivity (Wildman–Crippen MR) is 72.0 cm³/mol. The van der Waals surface area contributed by atoms with Gasteiger partial charge < -0.3 is 5.11 Å². The summed E-state index contributed by atoms with van der Waals surface area (Å²) in [5.41, 5.74) is 0. The SMILES string of the molecule is CCC1CCCC(N2CCC(O)C(CC)C2)C1. The number of hydrogen-bond donors (Lipinski definition) is 1. The second-order valence-corrected chi connectivity index (χ2v) is 6.11. The Hall–Kier alpha value is -0.0800. The molecule has 17 heavy (non-hydrogen) atoms. The smallest absolute Gasteiger partial charge is 0.0592 e. The molecule has 2 rings (SSSR count). The minimum absolute atomic E-state index is 0.0400. The number of piperidine rings is 1. The second-order valence-electron chi connectivity index (χ2n) is 6.11. The topological polar surface area (TPSA) is 23.5 Å². The summed E-state index contributed by atoms with van der Waals surface area (Å²) in [6.45, 7) is 6.81. The van der Waals surface area contributed by atoms with E-state index in [1.165, 1.54) is 32.1 Å². The molecule has 1 heterocycles. The molecular formula is C15H29NO. The van der Waals surface area contributed by atoms with Crippen LogP contribution in [0.4, 0.5) is 0 Å². The van der Waals surface area contributed by atoms with Crippen molar-refractivity contribution >= 4 is 0 Å². The van der Waals surface area contributed by atoms with Gasteiger partial charge in [0.25, 0.3) is 0 Å². The van der Waals surface area contributed by atoms with Crippen LogP contribution in [0.15, 0.2) is 0 Å². The van der Waals surface area contributed by atoms with Crippen molar-refractivity contribution in [3.8, 4) is 0 Å². The van der Waals surface area contributed by atoms with Gasteiger partial charge in [-0.25, -0.2) is 0 Å². The van der Waals surface area contributed by atoms with E-state index >= 15 is 0 Å². The molecule has 0 aromatic rings. The van der Waals surface area contributed by atoms with E-state index in [-0.39, 0.29) is 6.10 Å². The van der Waals surface area contributed by atoms with Gasteiger partial charge in [0.2, 0.25) is 0 Å². The summed E-state index contributed by atoms with van der Waals surface area (Å²) < 4.78 is 0. The van der Waals surface area contributed by atoms with Crippen molar-refractivity contribution in [2.45, 2.75) is 70.9 Å². The summed E-state index contributed by atoms with van der Waals surface area (Å²) in [6.07, 6.45) is 9.09. The Morgan fingerprint density at radius 1 is 1.12 bits per heavy atom. The van der Waals surface area contributed by atoms with Crippen LogP contribution in [0.1, 0.15) is 58.8 Å². The van der Waals surface area contributed by atoms with Crippen molar-refractivity contribution < 1.29 is 5.11 Å². The number of hydrogen-bond acceptors (Lipinski definition) is 2. The van der Waals surface area contributed by atoms with Crippen molar-refractivity contribution in [2.24, 2.45) is 11.8 Å². The van der Waals surface area contributed by atoms with Crippen LogP contribution in [-0.4, -0.2) is 35.2 Å². The molecular weight excluding hydrogens is 210 g/mol. The van der Waals surface area contributed by atoms with Gasteiger partial charge in [-0.3, -0.25) is 4.90 Å². The summed E-state index contributed by atoms with van der Waals surface area (Å²) in [5.74, 6) is 1.48. The molecule has 0 aromatic carbocycles. The maximum absolute atomic E-state index is 9.96. The lowest BCUT2D eigenvalue weighted by Crippen LogP contribution is -2.49. The predicted octanol–water partition coefficient (Wildman–Crippen LogP) is 3.05. The summed E-state index contributed by atoms with van der Waals surface area (Å²) in [7, 11) is 0. The van der Waals surface area contributed by atoms with Crippen LogP contribution in [0.3, 0.4) is 0 Å². The molecule has 0 amide bonds. The summed E-state index contributed by atoms with van der Waals surface area (Å²) in [5, 5.41) is 9.96. The Balaban J connectivity index is 1.89. The van der Waals surface area contributed by atoms with Crippen LogP contribution in [0.2, 0.25) is 0 Å². The van der Waals surface area contributed by atoms with Crippen LogP contribution in [0.5, 0.6) is 0 Å². The van der Waals surface area contributed by atoms with Gasteiger partial charge in [-0.15, -0.1) is 0 Å². The molecule has 1 aliphatic heterocycles. The van der Waals surface area contributed by atoms with Gasteiger partial charge in [0.05, 0.1) is 6.10 Å². The molecule has 4 unspecified atom stereocenters. The molecule has 2 aliphatic rings. The molecule has 2 heteroatoms. The van der Waals surface area contributed by atoms with E-state index in [4.69, 9.17) is 0 Å². The Morgan fingerprint density at radius 3 is 2.65 bits per heavy atom. The third kappa shape index (κ3) is 3.23. The minimum Gasteiger partial charge on any atom is -0.393 e. The lowest BCUT2D eigenvalue weighted by atomic mass is 9.82. The molecule has 0 aromatic heterocycles. The van der Waals surface area contributed by atoms with Gasteiger partial charge in [0.15, 0.2) is 0 Å². The Morgan fingerprint density at radius 2 is 1.94 bits per heavy atom. The maximum atomic E-state index is 9.96. The van der Waals surface area contributed by atoms with Crippen molar-refractivity contribution in [1.29, 1.82) is 0 Å². The summed E-state index contributed by atoms with van der Waals surface area (Å²) in [4.78, 5) is 2.68. The lowest BCUT2D eigenvalue weighted by molar-refractivity contribution is -0.00336. The number of likely N-dealkylation sites (tertiary alicyclic amines) is 1. The first-order chi connectivity index (χ1) is 8.24. The van der Waals surface area contributed by atoms with Crippen LogP contribution in [0, 0.1) is 11.8 Å². The molecule has 1 saturated carbocycles. The zero-order chi connectivity index (χ0) is 12.3. The molecule has 0 spiro atoms. The second kappa shape index (κ2) is 6.19. The third-order valence-corrected chi connectivity index (χ3v) is 5.10.